The Morgan fingerprint density at radius 1 is 1.25 bits per heavy atom. The summed E-state index contributed by atoms with van der Waals surface area (Å²) in [5.74, 6) is 0. The second-order valence-electron chi connectivity index (χ2n) is 5.23. The fourth-order valence-electron chi connectivity index (χ4n) is 2.92. The Labute approximate surface area is 97.6 Å². The quantitative estimate of drug-likeness (QED) is 0.739. The number of nitrogens with one attached hydrogen (secondary N) is 1. The van der Waals surface area contributed by atoms with Gasteiger partial charge in [0.25, 0.3) is 0 Å². The summed E-state index contributed by atoms with van der Waals surface area (Å²) in [6, 6.07) is 0.668. The number of halogens is 1. The minimum Gasteiger partial charge on any atom is -0.328 e. The van der Waals surface area contributed by atoms with Gasteiger partial charge in [0.15, 0.2) is 0 Å². The van der Waals surface area contributed by atoms with Crippen LogP contribution in [-0.2, 0) is 0 Å². The van der Waals surface area contributed by atoms with Crippen LogP contribution >= 0.6 is 0 Å². The zero-order chi connectivity index (χ0) is 11.4. The van der Waals surface area contributed by atoms with Crippen LogP contribution in [0.25, 0.3) is 0 Å². The second-order valence-corrected chi connectivity index (χ2v) is 5.23. The van der Waals surface area contributed by atoms with E-state index in [1.807, 2.05) is 0 Å². The van der Waals surface area contributed by atoms with Crippen LogP contribution in [0.4, 0.5) is 4.39 Å². The van der Waals surface area contributed by atoms with E-state index in [4.69, 9.17) is 5.73 Å². The highest BCUT2D eigenvalue weighted by Gasteiger charge is 2.32. The average Bonchev–Trinajstić information content (AvgIpc) is 2.53. The van der Waals surface area contributed by atoms with Gasteiger partial charge in [-0.05, 0) is 51.7 Å². The van der Waals surface area contributed by atoms with Crippen LogP contribution in [-0.4, -0.2) is 49.3 Å². The van der Waals surface area contributed by atoms with E-state index in [1.54, 1.807) is 0 Å². The molecular formula is C12H24FN3. The van der Waals surface area contributed by atoms with Crippen molar-refractivity contribution >= 4 is 0 Å². The summed E-state index contributed by atoms with van der Waals surface area (Å²) in [5, 5.41) is 3.38. The zero-order valence-electron chi connectivity index (χ0n) is 10.1. The first-order chi connectivity index (χ1) is 7.73. The maximum absolute atomic E-state index is 14.1. The number of hydrogen-bond acceptors (Lipinski definition) is 3. The maximum Gasteiger partial charge on any atom is 0.124 e. The highest BCUT2D eigenvalue weighted by atomic mass is 19.1. The molecule has 1 atom stereocenters. The topological polar surface area (TPSA) is 41.3 Å². The van der Waals surface area contributed by atoms with Gasteiger partial charge in [-0.3, -0.25) is 0 Å². The zero-order valence-corrected chi connectivity index (χ0v) is 10.1. The van der Waals surface area contributed by atoms with Crippen LogP contribution in [0.2, 0.25) is 0 Å². The van der Waals surface area contributed by atoms with Crippen molar-refractivity contribution in [1.29, 1.82) is 0 Å². The Balaban J connectivity index is 1.87. The molecule has 2 aliphatic rings. The van der Waals surface area contributed by atoms with E-state index in [2.05, 4.69) is 10.2 Å². The van der Waals surface area contributed by atoms with Crippen LogP contribution in [0.5, 0.6) is 0 Å². The Hall–Kier alpha value is -0.190. The van der Waals surface area contributed by atoms with E-state index < -0.39 is 5.67 Å². The fraction of sp³-hybridized carbons (Fsp3) is 1.00. The lowest BCUT2D eigenvalue weighted by Gasteiger charge is -2.34. The molecule has 0 aromatic carbocycles. The highest BCUT2D eigenvalue weighted by molar-refractivity contribution is 4.87. The third-order valence-corrected chi connectivity index (χ3v) is 4.11. The SMILES string of the molecule is NCC1(F)CCCN(C2CCNCC2)CC1. The van der Waals surface area contributed by atoms with Crippen LogP contribution in [0.1, 0.15) is 32.1 Å². The maximum atomic E-state index is 14.1. The Morgan fingerprint density at radius 3 is 2.69 bits per heavy atom. The third-order valence-electron chi connectivity index (χ3n) is 4.11. The van der Waals surface area contributed by atoms with E-state index in [9.17, 15) is 4.39 Å². The molecule has 0 aromatic heterocycles. The minimum atomic E-state index is -1.10. The van der Waals surface area contributed by atoms with Crippen LogP contribution in [0, 0.1) is 0 Å². The Kier molecular flexibility index (Phi) is 4.16. The van der Waals surface area contributed by atoms with Crippen molar-refractivity contribution < 1.29 is 4.39 Å². The van der Waals surface area contributed by atoms with Crippen molar-refractivity contribution in [2.45, 2.75) is 43.8 Å². The van der Waals surface area contributed by atoms with Gasteiger partial charge in [0, 0.05) is 19.1 Å². The van der Waals surface area contributed by atoms with Gasteiger partial charge in [-0.25, -0.2) is 4.39 Å². The van der Waals surface area contributed by atoms with Crippen molar-refractivity contribution in [3.8, 4) is 0 Å². The summed E-state index contributed by atoms with van der Waals surface area (Å²) in [6.45, 7) is 4.35. The van der Waals surface area contributed by atoms with Gasteiger partial charge in [-0.2, -0.15) is 0 Å². The second kappa shape index (κ2) is 5.43. The van der Waals surface area contributed by atoms with E-state index in [0.29, 0.717) is 18.9 Å². The van der Waals surface area contributed by atoms with E-state index in [1.165, 1.54) is 12.8 Å². The minimum absolute atomic E-state index is 0.188. The van der Waals surface area contributed by atoms with Crippen molar-refractivity contribution in [1.82, 2.24) is 10.2 Å². The summed E-state index contributed by atoms with van der Waals surface area (Å²) in [7, 11) is 0. The van der Waals surface area contributed by atoms with Gasteiger partial charge in [0.05, 0.1) is 0 Å². The summed E-state index contributed by atoms with van der Waals surface area (Å²) in [4.78, 5) is 2.48. The molecule has 4 heteroatoms. The molecular weight excluding hydrogens is 205 g/mol. The molecule has 94 valence electrons. The lowest BCUT2D eigenvalue weighted by Crippen LogP contribution is -2.44. The molecule has 0 amide bonds. The molecule has 0 aromatic rings. The number of nitrogens with zero attached hydrogens (tertiary/aromatic N) is 1. The number of likely N-dealkylation sites (tertiary alicyclic amines) is 1. The van der Waals surface area contributed by atoms with Crippen LogP contribution in [0.15, 0.2) is 0 Å². The summed E-state index contributed by atoms with van der Waals surface area (Å²) in [6.07, 6.45) is 4.64. The molecule has 2 fully saturated rings. The lowest BCUT2D eigenvalue weighted by atomic mass is 9.97. The first-order valence-electron chi connectivity index (χ1n) is 6.57. The average molecular weight is 229 g/mol. The predicted molar refractivity (Wildman–Crippen MR) is 64.2 cm³/mol. The Bertz CT molecular complexity index is 218. The summed E-state index contributed by atoms with van der Waals surface area (Å²) < 4.78 is 14.1. The monoisotopic (exact) mass is 229 g/mol. The van der Waals surface area contributed by atoms with Gasteiger partial charge in [-0.1, -0.05) is 0 Å². The molecule has 2 rings (SSSR count). The molecule has 2 aliphatic heterocycles. The largest absolute Gasteiger partial charge is 0.328 e. The first kappa shape index (κ1) is 12.3. The fourth-order valence-corrected chi connectivity index (χ4v) is 2.92. The molecule has 3 N–H and O–H groups in total. The van der Waals surface area contributed by atoms with E-state index in [-0.39, 0.29) is 6.54 Å². The third kappa shape index (κ3) is 2.93. The first-order valence-corrected chi connectivity index (χ1v) is 6.57. The van der Waals surface area contributed by atoms with Crippen molar-refractivity contribution in [3.05, 3.63) is 0 Å². The normalized spacial score (nSPS) is 34.9. The molecule has 3 nitrogen and oxygen atoms in total. The molecule has 0 aliphatic carbocycles. The number of nitrogens with two attached hydrogens (primary N) is 1. The molecule has 0 saturated carbocycles. The van der Waals surface area contributed by atoms with Gasteiger partial charge >= 0.3 is 0 Å². The molecule has 16 heavy (non-hydrogen) atoms. The lowest BCUT2D eigenvalue weighted by molar-refractivity contribution is 0.131. The Morgan fingerprint density at radius 2 is 2.00 bits per heavy atom. The van der Waals surface area contributed by atoms with Gasteiger partial charge < -0.3 is 16.0 Å². The van der Waals surface area contributed by atoms with Gasteiger partial charge in [-0.15, -0.1) is 0 Å². The van der Waals surface area contributed by atoms with E-state index >= 15 is 0 Å². The standard InChI is InChI=1S/C12H24FN3/c13-12(10-14)4-1-8-16(9-5-12)11-2-6-15-7-3-11/h11,15H,1-10,14H2. The number of alkyl halides is 1. The number of piperidine rings is 1. The summed E-state index contributed by atoms with van der Waals surface area (Å²) in [5.41, 5.74) is 4.43. The smallest absolute Gasteiger partial charge is 0.124 e. The number of hydrogen-bond donors (Lipinski definition) is 2. The molecule has 0 radical (unpaired) electrons. The van der Waals surface area contributed by atoms with Crippen LogP contribution in [0.3, 0.4) is 0 Å². The highest BCUT2D eigenvalue weighted by Crippen LogP contribution is 2.27. The van der Waals surface area contributed by atoms with Crippen molar-refractivity contribution in [3.63, 3.8) is 0 Å². The van der Waals surface area contributed by atoms with Gasteiger partial charge in [0.1, 0.15) is 5.67 Å². The van der Waals surface area contributed by atoms with Crippen LogP contribution < -0.4 is 11.1 Å². The molecule has 1 unspecified atom stereocenters. The number of rotatable bonds is 2. The molecule has 0 bridgehead atoms. The predicted octanol–water partition coefficient (Wildman–Crippen LogP) is 0.891. The van der Waals surface area contributed by atoms with Crippen molar-refractivity contribution in [2.75, 3.05) is 32.7 Å². The molecule has 2 heterocycles. The molecule has 0 spiro atoms. The molecule has 2 saturated heterocycles. The van der Waals surface area contributed by atoms with E-state index in [0.717, 1.165) is 32.6 Å². The van der Waals surface area contributed by atoms with Crippen molar-refractivity contribution in [2.24, 2.45) is 5.73 Å². The summed E-state index contributed by atoms with van der Waals surface area (Å²) >= 11 is 0. The van der Waals surface area contributed by atoms with Gasteiger partial charge in [0.2, 0.25) is 0 Å².